The largest absolute Gasteiger partial charge is 0.416 e. The van der Waals surface area contributed by atoms with Crippen LogP contribution in [0.25, 0.3) is 16.0 Å². The summed E-state index contributed by atoms with van der Waals surface area (Å²) in [7, 11) is 1.73. The van der Waals surface area contributed by atoms with Gasteiger partial charge in [0.2, 0.25) is 17.7 Å². The van der Waals surface area contributed by atoms with E-state index in [1.54, 1.807) is 60.8 Å². The van der Waals surface area contributed by atoms with E-state index >= 15 is 0 Å². The topological polar surface area (TPSA) is 235 Å². The minimum Gasteiger partial charge on any atom is -0.401 e. The summed E-state index contributed by atoms with van der Waals surface area (Å²) in [5.41, 5.74) is 15.5. The van der Waals surface area contributed by atoms with E-state index in [-0.39, 0.29) is 30.0 Å². The number of aryl methyl sites for hydroxylation is 1. The van der Waals surface area contributed by atoms with Crippen molar-refractivity contribution in [2.45, 2.75) is 144 Å². The molecule has 4 amide bonds. The summed E-state index contributed by atoms with van der Waals surface area (Å²) in [5.74, 6) is 10.9. The van der Waals surface area contributed by atoms with Gasteiger partial charge in [0.1, 0.15) is 6.04 Å². The van der Waals surface area contributed by atoms with Crippen molar-refractivity contribution in [1.29, 1.82) is 0 Å². The number of amides is 4. The number of halogens is 3. The number of nitrogens with one attached hydrogen (secondary N) is 5. The molecule has 0 bridgehead atoms. The minimum absolute atomic E-state index is 0.0613. The molecular weight excluding hydrogens is 1020 g/mol. The molecule has 1 atom stereocenters. The third-order valence-electron chi connectivity index (χ3n) is 12.7. The fourth-order valence-electron chi connectivity index (χ4n) is 8.30. The predicted molar refractivity (Wildman–Crippen MR) is 309 cm³/mol. The van der Waals surface area contributed by atoms with E-state index in [1.807, 2.05) is 73.0 Å². The number of alkyl halides is 3. The number of ether oxygens (including phenoxy) is 1. The molecule has 3 aromatic carbocycles. The normalized spacial score (nSPS) is 12.4. The quantitative estimate of drug-likeness (QED) is 0.0138. The smallest absolute Gasteiger partial charge is 0.401 e. The van der Waals surface area contributed by atoms with E-state index < -0.39 is 28.7 Å². The van der Waals surface area contributed by atoms with Crippen molar-refractivity contribution < 1.29 is 37.1 Å². The SMILES string of the molecule is C/C(=C\NN)c1cc(C(=O)NCCCOCCCN(N)/C=C(\N)CCCCCC(=O)NC(C(=O)NCCCCC(=O)NC(C)(C)c2ccc(-c3scnc3C)cc2)C(C)(C)C)ccc1N(C)c1ccc(C(F)(F)F)cc1.CC. The van der Waals surface area contributed by atoms with E-state index in [9.17, 15) is 32.3 Å². The number of hydrazine groups is 2. The Bertz CT molecular complexity index is 2560. The number of nitrogens with zero attached hydrogens (tertiary/aromatic N) is 3. The fourth-order valence-corrected chi connectivity index (χ4v) is 9.11. The maximum atomic E-state index is 13.2. The van der Waals surface area contributed by atoms with Gasteiger partial charge in [-0.3, -0.25) is 25.0 Å². The average Bonchev–Trinajstić information content (AvgIpc) is 3.83. The molecule has 0 fully saturated rings. The van der Waals surface area contributed by atoms with Gasteiger partial charge in [-0.1, -0.05) is 65.3 Å². The molecule has 1 heterocycles. The van der Waals surface area contributed by atoms with Crippen LogP contribution >= 0.6 is 11.3 Å². The molecule has 1 unspecified atom stereocenters. The Labute approximate surface area is 464 Å². The number of allylic oxidation sites excluding steroid dienone is 2. The molecule has 0 aliphatic rings. The summed E-state index contributed by atoms with van der Waals surface area (Å²) in [5, 5.41) is 13.5. The maximum absolute atomic E-state index is 13.2. The van der Waals surface area contributed by atoms with Crippen molar-refractivity contribution in [2.75, 3.05) is 44.8 Å². The number of aromatic nitrogens is 1. The summed E-state index contributed by atoms with van der Waals surface area (Å²) < 4.78 is 45.2. The van der Waals surface area contributed by atoms with E-state index in [2.05, 4.69) is 43.8 Å². The zero-order chi connectivity index (χ0) is 58.1. The molecule has 16 nitrogen and oxygen atoms in total. The lowest BCUT2D eigenvalue weighted by atomic mass is 9.86. The highest BCUT2D eigenvalue weighted by atomic mass is 32.1. The molecule has 11 N–H and O–H groups in total. The number of carbonyl (C=O) groups excluding carboxylic acids is 4. The van der Waals surface area contributed by atoms with Gasteiger partial charge < -0.3 is 47.1 Å². The van der Waals surface area contributed by atoms with Gasteiger partial charge in [0.05, 0.1) is 27.2 Å². The Morgan fingerprint density at radius 1 is 0.795 bits per heavy atom. The minimum atomic E-state index is -4.44. The van der Waals surface area contributed by atoms with E-state index in [0.29, 0.717) is 112 Å². The molecule has 78 heavy (non-hydrogen) atoms. The molecule has 0 saturated carbocycles. The summed E-state index contributed by atoms with van der Waals surface area (Å²) in [6.07, 6.45) is 4.64. The van der Waals surface area contributed by atoms with Crippen LogP contribution in [0.1, 0.15) is 152 Å². The summed E-state index contributed by atoms with van der Waals surface area (Å²) in [6.45, 7) is 19.7. The zero-order valence-corrected chi connectivity index (χ0v) is 48.2. The van der Waals surface area contributed by atoms with Crippen LogP contribution in [0.3, 0.4) is 0 Å². The number of hydrogen-bond donors (Lipinski definition) is 8. The molecule has 430 valence electrons. The lowest BCUT2D eigenvalue weighted by molar-refractivity contribution is -0.137. The first-order chi connectivity index (χ1) is 36.9. The number of carbonyl (C=O) groups is 4. The second-order valence-corrected chi connectivity index (χ2v) is 21.4. The Morgan fingerprint density at radius 2 is 1.41 bits per heavy atom. The monoisotopic (exact) mass is 1110 g/mol. The molecule has 0 aliphatic carbocycles. The third kappa shape index (κ3) is 22.1. The molecule has 0 saturated heterocycles. The molecule has 4 aromatic rings. The van der Waals surface area contributed by atoms with Crippen molar-refractivity contribution >= 4 is 51.9 Å². The average molecular weight is 1110 g/mol. The van der Waals surface area contributed by atoms with Gasteiger partial charge in [-0.25, -0.2) is 10.8 Å². The highest BCUT2D eigenvalue weighted by Crippen LogP contribution is 2.35. The van der Waals surface area contributed by atoms with Gasteiger partial charge >= 0.3 is 6.18 Å². The summed E-state index contributed by atoms with van der Waals surface area (Å²) in [4.78, 5) is 59.4. The molecule has 1 aromatic heterocycles. The van der Waals surface area contributed by atoms with Crippen LogP contribution in [0.5, 0.6) is 0 Å². The van der Waals surface area contributed by atoms with E-state index in [0.717, 1.165) is 46.7 Å². The van der Waals surface area contributed by atoms with Crippen molar-refractivity contribution in [3.05, 3.63) is 118 Å². The zero-order valence-electron chi connectivity index (χ0n) is 47.4. The Kier molecular flexibility index (Phi) is 27.4. The van der Waals surface area contributed by atoms with Gasteiger partial charge in [0.15, 0.2) is 0 Å². The number of hydrogen-bond acceptors (Lipinski definition) is 13. The fraction of sp³-hybridized carbons (Fsp3) is 0.500. The Hall–Kier alpha value is -6.48. The number of benzene rings is 3. The standard InChI is InChI=1S/C56H80F3N11O5S.C2H6/c1-38(35-66-61)46-34-41(21-28-47(46)69(8)45-26-24-43(25-27-45)56(57,58)59)52(73)63-30-14-32-75-33-15-31-70(62)36-44(60)16-10-9-11-17-48(71)67-51(54(3,4)5)53(74)64-29-13-12-18-49(72)68-55(6,7)42-22-19-40(20-23-42)50-39(2)65-37-76-50;1-2/h19-28,34-37,51,66H,9-18,29-33,60-62H2,1-8H3,(H,63,73)(H,64,74)(H,67,71)(H,68,72);1-2H3/b38-35+,44-36-;. The predicted octanol–water partition coefficient (Wildman–Crippen LogP) is 10.1. The molecule has 20 heteroatoms. The number of anilines is 2. The van der Waals surface area contributed by atoms with Crippen LogP contribution in [0.15, 0.2) is 90.3 Å². The summed E-state index contributed by atoms with van der Waals surface area (Å²) in [6, 6.07) is 17.4. The van der Waals surface area contributed by atoms with Crippen molar-refractivity contribution in [3.63, 3.8) is 0 Å². The number of nitrogens with two attached hydrogens (primary N) is 3. The Morgan fingerprint density at radius 3 is 2.04 bits per heavy atom. The van der Waals surface area contributed by atoms with Gasteiger partial charge in [0.25, 0.3) is 5.91 Å². The first-order valence-corrected chi connectivity index (χ1v) is 27.7. The van der Waals surface area contributed by atoms with Crippen molar-refractivity contribution in [2.24, 2.45) is 22.8 Å². The number of rotatable bonds is 30. The van der Waals surface area contributed by atoms with Gasteiger partial charge in [-0.2, -0.15) is 13.2 Å². The van der Waals surface area contributed by atoms with E-state index in [1.165, 1.54) is 17.1 Å². The van der Waals surface area contributed by atoms with E-state index in [4.69, 9.17) is 22.2 Å². The van der Waals surface area contributed by atoms with Gasteiger partial charge in [0, 0.05) is 93.3 Å². The summed E-state index contributed by atoms with van der Waals surface area (Å²) >= 11 is 1.60. The van der Waals surface area contributed by atoms with Crippen LogP contribution in [-0.2, 0) is 30.8 Å². The molecule has 4 rings (SSSR count). The first kappa shape index (κ1) is 65.8. The highest BCUT2D eigenvalue weighted by molar-refractivity contribution is 7.13. The van der Waals surface area contributed by atoms with Crippen LogP contribution in [0.4, 0.5) is 24.5 Å². The highest BCUT2D eigenvalue weighted by Gasteiger charge is 2.33. The molecular formula is C58H86F3N11O5S. The number of thiazole rings is 1. The second kappa shape index (κ2) is 32.4. The van der Waals surface area contributed by atoms with Crippen molar-refractivity contribution in [1.82, 2.24) is 36.7 Å². The Balaban J connectivity index is 0.00000790. The molecule has 0 spiro atoms. The molecule has 0 radical (unpaired) electrons. The first-order valence-electron chi connectivity index (χ1n) is 26.8. The number of unbranched alkanes of at least 4 members (excludes halogenated alkanes) is 3. The maximum Gasteiger partial charge on any atom is 0.416 e. The van der Waals surface area contributed by atoms with Gasteiger partial charge in [-0.05, 0) is 137 Å². The lowest BCUT2D eigenvalue weighted by Crippen LogP contribution is -2.53. The molecule has 0 aliphatic heterocycles. The van der Waals surface area contributed by atoms with Crippen LogP contribution in [-0.4, -0.2) is 79.6 Å². The van der Waals surface area contributed by atoms with Crippen LogP contribution in [0.2, 0.25) is 0 Å². The lowest BCUT2D eigenvalue weighted by Gasteiger charge is -2.30. The van der Waals surface area contributed by atoms with Crippen LogP contribution < -0.4 is 49.0 Å². The van der Waals surface area contributed by atoms with Gasteiger partial charge in [-0.15, -0.1) is 11.3 Å². The third-order valence-corrected chi connectivity index (χ3v) is 13.7. The van der Waals surface area contributed by atoms with Crippen molar-refractivity contribution in [3.8, 4) is 10.4 Å². The second-order valence-electron chi connectivity index (χ2n) is 20.5. The van der Waals surface area contributed by atoms with Crippen LogP contribution in [0, 0.1) is 12.3 Å².